The van der Waals surface area contributed by atoms with Crippen molar-refractivity contribution in [1.29, 1.82) is 5.26 Å². The van der Waals surface area contributed by atoms with Gasteiger partial charge in [0.25, 0.3) is 5.69 Å². The molecule has 0 saturated carbocycles. The summed E-state index contributed by atoms with van der Waals surface area (Å²) in [6.45, 7) is 3.06. The van der Waals surface area contributed by atoms with E-state index in [4.69, 9.17) is 16.2 Å². The fourth-order valence-corrected chi connectivity index (χ4v) is 3.52. The number of ether oxygens (including phenoxy) is 1. The largest absolute Gasteiger partial charge is 0.466 e. The molecule has 0 aliphatic carbocycles. The normalized spacial score (nSPS) is 14.2. The first-order valence-corrected chi connectivity index (χ1v) is 9.39. The van der Waals surface area contributed by atoms with E-state index in [1.807, 2.05) is 11.0 Å². The summed E-state index contributed by atoms with van der Waals surface area (Å²) in [6.07, 6.45) is 1.10. The molecule has 1 aromatic heterocycles. The lowest BCUT2D eigenvalue weighted by Gasteiger charge is -2.32. The standard InChI is InChI=1S/C19H21N7O4/c1-2-30-18(27)11-5-7-25(8-6-11)14-4-3-12(9-15(14)26(28)29)16-13(10-20)17(21)24-19(22)23-16/h3-4,9,11H,2,5-8H2,1H3,(H4,21,22,23,24). The average molecular weight is 411 g/mol. The molecule has 30 heavy (non-hydrogen) atoms. The Morgan fingerprint density at radius 2 is 2.07 bits per heavy atom. The molecule has 0 radical (unpaired) electrons. The molecule has 2 heterocycles. The number of nitrogens with two attached hydrogens (primary N) is 2. The zero-order valence-electron chi connectivity index (χ0n) is 16.4. The van der Waals surface area contributed by atoms with Gasteiger partial charge >= 0.3 is 5.97 Å². The molecule has 1 aliphatic heterocycles. The number of nitriles is 1. The van der Waals surface area contributed by atoms with Crippen molar-refractivity contribution in [2.45, 2.75) is 19.8 Å². The highest BCUT2D eigenvalue weighted by molar-refractivity contribution is 5.78. The topological polar surface area (TPSA) is 174 Å². The molecule has 1 fully saturated rings. The van der Waals surface area contributed by atoms with Crippen molar-refractivity contribution in [2.24, 2.45) is 5.92 Å². The smallest absolute Gasteiger partial charge is 0.309 e. The van der Waals surface area contributed by atoms with Crippen LogP contribution >= 0.6 is 0 Å². The average Bonchev–Trinajstić information content (AvgIpc) is 2.73. The Morgan fingerprint density at radius 1 is 1.37 bits per heavy atom. The molecular formula is C19H21N7O4. The van der Waals surface area contributed by atoms with Gasteiger partial charge in [-0.15, -0.1) is 0 Å². The van der Waals surface area contributed by atoms with Gasteiger partial charge in [0.2, 0.25) is 5.95 Å². The van der Waals surface area contributed by atoms with E-state index in [9.17, 15) is 20.2 Å². The van der Waals surface area contributed by atoms with Crippen LogP contribution in [-0.4, -0.2) is 40.6 Å². The number of benzene rings is 1. The van der Waals surface area contributed by atoms with Crippen LogP contribution in [0.25, 0.3) is 11.3 Å². The quantitative estimate of drug-likeness (QED) is 0.419. The molecule has 1 aliphatic rings. The summed E-state index contributed by atoms with van der Waals surface area (Å²) in [7, 11) is 0. The van der Waals surface area contributed by atoms with E-state index in [-0.39, 0.29) is 40.6 Å². The summed E-state index contributed by atoms with van der Waals surface area (Å²) in [5.74, 6) is -0.656. The number of esters is 1. The number of hydrogen-bond donors (Lipinski definition) is 2. The van der Waals surface area contributed by atoms with E-state index in [1.165, 1.54) is 6.07 Å². The van der Waals surface area contributed by atoms with Gasteiger partial charge in [-0.05, 0) is 25.8 Å². The van der Waals surface area contributed by atoms with Crippen molar-refractivity contribution in [2.75, 3.05) is 36.1 Å². The van der Waals surface area contributed by atoms with Gasteiger partial charge < -0.3 is 21.1 Å². The number of piperidine rings is 1. The highest BCUT2D eigenvalue weighted by atomic mass is 16.6. The second kappa shape index (κ2) is 8.60. The molecule has 2 aromatic rings. The second-order valence-electron chi connectivity index (χ2n) is 6.78. The summed E-state index contributed by atoms with van der Waals surface area (Å²) >= 11 is 0. The third-order valence-electron chi connectivity index (χ3n) is 4.97. The van der Waals surface area contributed by atoms with Crippen molar-refractivity contribution in [1.82, 2.24) is 9.97 Å². The van der Waals surface area contributed by atoms with Gasteiger partial charge in [0.1, 0.15) is 23.1 Å². The summed E-state index contributed by atoms with van der Waals surface area (Å²) in [4.78, 5) is 32.9. The number of nitro groups is 1. The summed E-state index contributed by atoms with van der Waals surface area (Å²) < 4.78 is 5.07. The molecule has 4 N–H and O–H groups in total. The monoisotopic (exact) mass is 411 g/mol. The SMILES string of the molecule is CCOC(=O)C1CCN(c2ccc(-c3nc(N)nc(N)c3C#N)cc2[N+](=O)[O-])CC1. The van der Waals surface area contributed by atoms with E-state index in [0.717, 1.165) is 0 Å². The van der Waals surface area contributed by atoms with Gasteiger partial charge in [-0.25, -0.2) is 4.98 Å². The van der Waals surface area contributed by atoms with Crippen molar-refractivity contribution in [3.63, 3.8) is 0 Å². The van der Waals surface area contributed by atoms with E-state index in [2.05, 4.69) is 9.97 Å². The summed E-state index contributed by atoms with van der Waals surface area (Å²) in [6, 6.07) is 6.49. The number of hydrogen-bond acceptors (Lipinski definition) is 10. The molecule has 11 nitrogen and oxygen atoms in total. The summed E-state index contributed by atoms with van der Waals surface area (Å²) in [5.41, 5.74) is 12.1. The maximum absolute atomic E-state index is 11.9. The molecular weight excluding hydrogens is 390 g/mol. The predicted molar refractivity (Wildman–Crippen MR) is 109 cm³/mol. The first-order chi connectivity index (χ1) is 14.3. The van der Waals surface area contributed by atoms with Crippen LogP contribution in [0, 0.1) is 27.4 Å². The third kappa shape index (κ3) is 4.07. The molecule has 3 rings (SSSR count). The molecule has 0 bridgehead atoms. The molecule has 0 amide bonds. The van der Waals surface area contributed by atoms with Crippen molar-refractivity contribution >= 4 is 29.1 Å². The maximum atomic E-state index is 11.9. The van der Waals surface area contributed by atoms with Gasteiger partial charge in [-0.3, -0.25) is 14.9 Å². The molecule has 11 heteroatoms. The van der Waals surface area contributed by atoms with Gasteiger partial charge in [0.15, 0.2) is 0 Å². The van der Waals surface area contributed by atoms with Crippen LogP contribution in [0.1, 0.15) is 25.3 Å². The van der Waals surface area contributed by atoms with Crippen LogP contribution in [0.3, 0.4) is 0 Å². The van der Waals surface area contributed by atoms with Crippen LogP contribution in [0.5, 0.6) is 0 Å². The zero-order chi connectivity index (χ0) is 21.8. The lowest BCUT2D eigenvalue weighted by molar-refractivity contribution is -0.384. The number of nitrogens with zero attached hydrogens (tertiary/aromatic N) is 5. The number of carbonyl (C=O) groups excluding carboxylic acids is 1. The minimum absolute atomic E-state index is 0.00139. The Morgan fingerprint density at radius 3 is 2.67 bits per heavy atom. The van der Waals surface area contributed by atoms with E-state index in [1.54, 1.807) is 19.1 Å². The lowest BCUT2D eigenvalue weighted by Crippen LogP contribution is -2.37. The number of anilines is 3. The van der Waals surface area contributed by atoms with Gasteiger partial charge in [-0.1, -0.05) is 6.07 Å². The van der Waals surface area contributed by atoms with Gasteiger partial charge in [0.05, 0.1) is 23.1 Å². The summed E-state index contributed by atoms with van der Waals surface area (Å²) in [5, 5.41) is 21.1. The Bertz CT molecular complexity index is 1030. The minimum Gasteiger partial charge on any atom is -0.466 e. The molecule has 1 saturated heterocycles. The van der Waals surface area contributed by atoms with Crippen LogP contribution in [0.15, 0.2) is 18.2 Å². The first kappa shape index (κ1) is 20.8. The molecule has 0 atom stereocenters. The van der Waals surface area contributed by atoms with Crippen LogP contribution in [0.4, 0.5) is 23.1 Å². The van der Waals surface area contributed by atoms with Crippen LogP contribution in [0.2, 0.25) is 0 Å². The molecule has 1 aromatic carbocycles. The van der Waals surface area contributed by atoms with Crippen molar-refractivity contribution in [3.05, 3.63) is 33.9 Å². The van der Waals surface area contributed by atoms with Gasteiger partial charge in [-0.2, -0.15) is 10.2 Å². The number of carbonyl (C=O) groups is 1. The predicted octanol–water partition coefficient (Wildman–Crippen LogP) is 1.87. The van der Waals surface area contributed by atoms with Gasteiger partial charge in [0, 0.05) is 24.7 Å². The fraction of sp³-hybridized carbons (Fsp3) is 0.368. The highest BCUT2D eigenvalue weighted by Gasteiger charge is 2.29. The number of nitro benzene ring substituents is 1. The Labute approximate surface area is 172 Å². The van der Waals surface area contributed by atoms with Crippen molar-refractivity contribution in [3.8, 4) is 17.3 Å². The lowest BCUT2D eigenvalue weighted by atomic mass is 9.96. The zero-order valence-corrected chi connectivity index (χ0v) is 16.4. The fourth-order valence-electron chi connectivity index (χ4n) is 3.52. The Balaban J connectivity index is 1.92. The Kier molecular flexibility index (Phi) is 5.96. The first-order valence-electron chi connectivity index (χ1n) is 9.39. The van der Waals surface area contributed by atoms with E-state index >= 15 is 0 Å². The number of aromatic nitrogens is 2. The molecule has 156 valence electrons. The molecule has 0 unspecified atom stereocenters. The third-order valence-corrected chi connectivity index (χ3v) is 4.97. The minimum atomic E-state index is -0.490. The number of nitrogen functional groups attached to an aromatic ring is 2. The Hall–Kier alpha value is -3.94. The maximum Gasteiger partial charge on any atom is 0.309 e. The van der Waals surface area contributed by atoms with E-state index < -0.39 is 4.92 Å². The van der Waals surface area contributed by atoms with E-state index in [0.29, 0.717) is 43.8 Å². The highest BCUT2D eigenvalue weighted by Crippen LogP contribution is 2.36. The second-order valence-corrected chi connectivity index (χ2v) is 6.78. The molecule has 0 spiro atoms. The van der Waals surface area contributed by atoms with Crippen LogP contribution in [-0.2, 0) is 9.53 Å². The number of rotatable bonds is 5. The van der Waals surface area contributed by atoms with Crippen LogP contribution < -0.4 is 16.4 Å². The van der Waals surface area contributed by atoms with Crippen molar-refractivity contribution < 1.29 is 14.5 Å².